The first-order valence-electron chi connectivity index (χ1n) is 6.91. The Labute approximate surface area is 129 Å². The molecule has 1 aliphatic carbocycles. The van der Waals surface area contributed by atoms with Gasteiger partial charge in [-0.25, -0.2) is 0 Å². The second-order valence-corrected chi connectivity index (χ2v) is 7.29. The zero-order chi connectivity index (χ0) is 14.5. The van der Waals surface area contributed by atoms with E-state index in [4.69, 9.17) is 0 Å². The molecule has 1 N–H and O–H groups in total. The third-order valence-electron chi connectivity index (χ3n) is 3.74. The van der Waals surface area contributed by atoms with Crippen molar-refractivity contribution in [1.29, 1.82) is 0 Å². The molecule has 0 aliphatic heterocycles. The maximum absolute atomic E-state index is 12.5. The van der Waals surface area contributed by atoms with E-state index in [0.29, 0.717) is 12.5 Å². The number of nitrogens with one attached hydrogen (secondary N) is 1. The van der Waals surface area contributed by atoms with E-state index in [9.17, 15) is 9.59 Å². The second-order valence-electron chi connectivity index (χ2n) is 5.79. The third kappa shape index (κ3) is 4.61. The summed E-state index contributed by atoms with van der Waals surface area (Å²) in [5, 5.41) is 2.94. The number of halogens is 1. The molecule has 1 rings (SSSR count). The maximum Gasteiger partial charge on any atom is 0.320 e. The summed E-state index contributed by atoms with van der Waals surface area (Å²) in [6.07, 6.45) is 5.14. The average Bonchev–Trinajstić information content (AvgIpc) is 2.83. The molecule has 0 saturated heterocycles. The molecule has 0 aromatic heterocycles. The molecule has 5 heteroatoms. The highest BCUT2D eigenvalue weighted by atomic mass is 127. The number of hydrogen-bond donors (Lipinski definition) is 1. The molecule has 1 unspecified atom stereocenters. The van der Waals surface area contributed by atoms with Crippen molar-refractivity contribution in [3.8, 4) is 0 Å². The fourth-order valence-electron chi connectivity index (χ4n) is 2.94. The summed E-state index contributed by atoms with van der Waals surface area (Å²) in [5.74, 6) is 0.342. The lowest BCUT2D eigenvalue weighted by atomic mass is 9.77. The number of rotatable bonds is 6. The number of amides is 1. The molecule has 0 spiro atoms. The van der Waals surface area contributed by atoms with E-state index in [1.807, 2.05) is 22.6 Å². The van der Waals surface area contributed by atoms with E-state index in [0.717, 1.165) is 32.1 Å². The average molecular weight is 381 g/mol. The van der Waals surface area contributed by atoms with Gasteiger partial charge in [-0.05, 0) is 25.2 Å². The van der Waals surface area contributed by atoms with Crippen molar-refractivity contribution in [2.24, 2.45) is 11.3 Å². The molecule has 1 saturated carbocycles. The fraction of sp³-hybridized carbons (Fsp3) is 0.857. The topological polar surface area (TPSA) is 55.4 Å². The van der Waals surface area contributed by atoms with Crippen molar-refractivity contribution in [3.05, 3.63) is 0 Å². The number of carbonyl (C=O) groups excluding carboxylic acids is 2. The SMILES string of the molecule is COC(=O)C(I)CNC(=O)C1(CC(C)C)CCCC1. The first-order chi connectivity index (χ1) is 8.91. The van der Waals surface area contributed by atoms with Crippen LogP contribution in [0.1, 0.15) is 46.0 Å². The van der Waals surface area contributed by atoms with Gasteiger partial charge < -0.3 is 10.1 Å². The quantitative estimate of drug-likeness (QED) is 0.437. The Morgan fingerprint density at radius 2 is 1.89 bits per heavy atom. The summed E-state index contributed by atoms with van der Waals surface area (Å²) in [6, 6.07) is 0. The number of ether oxygens (including phenoxy) is 1. The molecule has 1 aliphatic rings. The van der Waals surface area contributed by atoms with Gasteiger partial charge in [0.1, 0.15) is 3.92 Å². The van der Waals surface area contributed by atoms with Crippen molar-refractivity contribution in [2.45, 2.75) is 49.9 Å². The zero-order valence-corrected chi connectivity index (χ0v) is 14.2. The van der Waals surface area contributed by atoms with Crippen molar-refractivity contribution in [1.82, 2.24) is 5.32 Å². The van der Waals surface area contributed by atoms with Crippen LogP contribution < -0.4 is 5.32 Å². The van der Waals surface area contributed by atoms with Gasteiger partial charge >= 0.3 is 5.97 Å². The number of esters is 1. The standard InChI is InChI=1S/C14H24INO3/c1-10(2)8-14(6-4-5-7-14)13(18)16-9-11(15)12(17)19-3/h10-11H,4-9H2,1-3H3,(H,16,18). The van der Waals surface area contributed by atoms with E-state index in [-0.39, 0.29) is 21.2 Å². The summed E-state index contributed by atoms with van der Waals surface area (Å²) >= 11 is 2.01. The highest BCUT2D eigenvalue weighted by Crippen LogP contribution is 2.43. The summed E-state index contributed by atoms with van der Waals surface area (Å²) in [5.41, 5.74) is -0.208. The van der Waals surface area contributed by atoms with E-state index in [1.165, 1.54) is 7.11 Å². The van der Waals surface area contributed by atoms with Crippen LogP contribution in [0.2, 0.25) is 0 Å². The first-order valence-corrected chi connectivity index (χ1v) is 8.16. The van der Waals surface area contributed by atoms with Crippen LogP contribution >= 0.6 is 22.6 Å². The number of methoxy groups -OCH3 is 1. The summed E-state index contributed by atoms with van der Waals surface area (Å²) in [4.78, 5) is 23.8. The van der Waals surface area contributed by atoms with Crippen LogP contribution in [0.4, 0.5) is 0 Å². The third-order valence-corrected chi connectivity index (χ3v) is 4.69. The minimum absolute atomic E-state index is 0.115. The van der Waals surface area contributed by atoms with Crippen LogP contribution in [-0.2, 0) is 14.3 Å². The van der Waals surface area contributed by atoms with Crippen LogP contribution in [-0.4, -0.2) is 29.5 Å². The van der Waals surface area contributed by atoms with Crippen molar-refractivity contribution < 1.29 is 14.3 Å². The van der Waals surface area contributed by atoms with Crippen LogP contribution in [0.25, 0.3) is 0 Å². The second kappa shape index (κ2) is 7.45. The summed E-state index contributed by atoms with van der Waals surface area (Å²) in [6.45, 7) is 4.66. The van der Waals surface area contributed by atoms with Gasteiger partial charge in [0.25, 0.3) is 0 Å². The van der Waals surface area contributed by atoms with Crippen LogP contribution in [0.3, 0.4) is 0 Å². The maximum atomic E-state index is 12.5. The monoisotopic (exact) mass is 381 g/mol. The molecule has 110 valence electrons. The fourth-order valence-corrected chi connectivity index (χ4v) is 3.41. The van der Waals surface area contributed by atoms with Gasteiger partial charge in [-0.3, -0.25) is 9.59 Å². The lowest BCUT2D eigenvalue weighted by Gasteiger charge is -2.29. The summed E-state index contributed by atoms with van der Waals surface area (Å²) < 4.78 is 4.35. The van der Waals surface area contributed by atoms with Crippen molar-refractivity contribution >= 4 is 34.5 Å². The van der Waals surface area contributed by atoms with Gasteiger partial charge in [0, 0.05) is 12.0 Å². The number of carbonyl (C=O) groups is 2. The van der Waals surface area contributed by atoms with Gasteiger partial charge in [0.15, 0.2) is 0 Å². The normalized spacial score (nSPS) is 19.2. The van der Waals surface area contributed by atoms with Gasteiger partial charge in [-0.2, -0.15) is 0 Å². The highest BCUT2D eigenvalue weighted by molar-refractivity contribution is 14.1. The summed E-state index contributed by atoms with van der Waals surface area (Å²) in [7, 11) is 1.37. The van der Waals surface area contributed by atoms with Gasteiger partial charge in [0.2, 0.25) is 5.91 Å². The van der Waals surface area contributed by atoms with E-state index in [1.54, 1.807) is 0 Å². The van der Waals surface area contributed by atoms with E-state index in [2.05, 4.69) is 23.9 Å². The Hall–Kier alpha value is -0.330. The molecule has 1 atom stereocenters. The van der Waals surface area contributed by atoms with Gasteiger partial charge in [0.05, 0.1) is 7.11 Å². The lowest BCUT2D eigenvalue weighted by Crippen LogP contribution is -2.43. The molecular weight excluding hydrogens is 357 g/mol. The van der Waals surface area contributed by atoms with E-state index < -0.39 is 0 Å². The predicted octanol–water partition coefficient (Wildman–Crippen LogP) is 2.69. The molecule has 0 aromatic rings. The molecule has 4 nitrogen and oxygen atoms in total. The van der Waals surface area contributed by atoms with Crippen molar-refractivity contribution in [2.75, 3.05) is 13.7 Å². The number of alkyl halides is 1. The predicted molar refractivity (Wildman–Crippen MR) is 83.2 cm³/mol. The molecular formula is C14H24INO3. The Bertz CT molecular complexity index is 325. The molecule has 0 radical (unpaired) electrons. The minimum atomic E-state index is -0.316. The van der Waals surface area contributed by atoms with Gasteiger partial charge in [-0.15, -0.1) is 0 Å². The van der Waals surface area contributed by atoms with Crippen molar-refractivity contribution in [3.63, 3.8) is 0 Å². The van der Waals surface area contributed by atoms with E-state index >= 15 is 0 Å². The number of hydrogen-bond acceptors (Lipinski definition) is 3. The highest BCUT2D eigenvalue weighted by Gasteiger charge is 2.41. The Morgan fingerprint density at radius 3 is 2.37 bits per heavy atom. The first kappa shape index (κ1) is 16.7. The Balaban J connectivity index is 2.56. The Morgan fingerprint density at radius 1 is 1.32 bits per heavy atom. The molecule has 19 heavy (non-hydrogen) atoms. The van der Waals surface area contributed by atoms with Crippen LogP contribution in [0.5, 0.6) is 0 Å². The zero-order valence-electron chi connectivity index (χ0n) is 12.0. The van der Waals surface area contributed by atoms with Gasteiger partial charge in [-0.1, -0.05) is 49.3 Å². The molecule has 0 heterocycles. The minimum Gasteiger partial charge on any atom is -0.468 e. The lowest BCUT2D eigenvalue weighted by molar-refractivity contribution is -0.139. The molecule has 1 amide bonds. The Kier molecular flexibility index (Phi) is 6.56. The largest absolute Gasteiger partial charge is 0.468 e. The smallest absolute Gasteiger partial charge is 0.320 e. The molecule has 0 aromatic carbocycles. The molecule has 1 fully saturated rings. The van der Waals surface area contributed by atoms with Crippen LogP contribution in [0.15, 0.2) is 0 Å². The molecule has 0 bridgehead atoms. The van der Waals surface area contributed by atoms with Crippen LogP contribution in [0, 0.1) is 11.3 Å².